The van der Waals surface area contributed by atoms with Crippen LogP contribution in [-0.2, 0) is 9.31 Å². The van der Waals surface area contributed by atoms with Crippen LogP contribution in [0.1, 0.15) is 87.9 Å². The molecule has 6 heteroatoms. The van der Waals surface area contributed by atoms with Crippen LogP contribution in [0.2, 0.25) is 0 Å². The Balaban J connectivity index is 1.73. The van der Waals surface area contributed by atoms with Crippen LogP contribution >= 0.6 is 0 Å². The van der Waals surface area contributed by atoms with Crippen molar-refractivity contribution in [3.8, 4) is 0 Å². The number of nitrogens with zero attached hydrogens (tertiary/aromatic N) is 1. The van der Waals surface area contributed by atoms with E-state index in [1.165, 1.54) is 4.90 Å². The van der Waals surface area contributed by atoms with Crippen molar-refractivity contribution in [2.24, 2.45) is 5.92 Å². The summed E-state index contributed by atoms with van der Waals surface area (Å²) in [6.07, 6.45) is 4.21. The Labute approximate surface area is 191 Å². The van der Waals surface area contributed by atoms with E-state index in [0.29, 0.717) is 29.0 Å². The zero-order valence-electron chi connectivity index (χ0n) is 20.2. The molecule has 2 aromatic rings. The average Bonchev–Trinajstić information content (AvgIpc) is 2.97. The maximum Gasteiger partial charge on any atom is 0.495 e. The molecule has 1 fully saturated rings. The van der Waals surface area contributed by atoms with Gasteiger partial charge in [-0.15, -0.1) is 0 Å². The number of benzene rings is 2. The van der Waals surface area contributed by atoms with Crippen LogP contribution < -0.4 is 5.46 Å². The van der Waals surface area contributed by atoms with Gasteiger partial charge in [0.25, 0.3) is 11.8 Å². The molecule has 32 heavy (non-hydrogen) atoms. The number of hydrogen-bond donors (Lipinski definition) is 0. The lowest BCUT2D eigenvalue weighted by Gasteiger charge is -2.32. The van der Waals surface area contributed by atoms with Crippen molar-refractivity contribution >= 4 is 35.2 Å². The minimum absolute atomic E-state index is 0.200. The van der Waals surface area contributed by atoms with Crippen LogP contribution in [0.15, 0.2) is 30.3 Å². The topological polar surface area (TPSA) is 55.8 Å². The van der Waals surface area contributed by atoms with Crippen LogP contribution in [0, 0.1) is 5.92 Å². The summed E-state index contributed by atoms with van der Waals surface area (Å²) in [6.45, 7) is 12.8. The minimum atomic E-state index is -0.550. The lowest BCUT2D eigenvalue weighted by molar-refractivity contribution is 0.00578. The van der Waals surface area contributed by atoms with E-state index in [1.54, 1.807) is 0 Å². The first-order valence-corrected chi connectivity index (χ1v) is 11.9. The molecule has 0 radical (unpaired) electrons. The van der Waals surface area contributed by atoms with Gasteiger partial charge < -0.3 is 9.31 Å². The summed E-state index contributed by atoms with van der Waals surface area (Å²) >= 11 is 0. The second-order valence-corrected chi connectivity index (χ2v) is 10.2. The summed E-state index contributed by atoms with van der Waals surface area (Å²) in [5, 5.41) is 1.56. The molecule has 2 aliphatic rings. The molecule has 5 nitrogen and oxygen atoms in total. The van der Waals surface area contributed by atoms with Crippen molar-refractivity contribution in [2.45, 2.75) is 78.4 Å². The van der Waals surface area contributed by atoms with Crippen molar-refractivity contribution in [2.75, 3.05) is 6.54 Å². The Hall–Kier alpha value is -2.18. The highest BCUT2D eigenvalue weighted by atomic mass is 16.7. The maximum absolute atomic E-state index is 13.4. The molecule has 2 aliphatic heterocycles. The van der Waals surface area contributed by atoms with Crippen LogP contribution in [0.5, 0.6) is 0 Å². The Morgan fingerprint density at radius 1 is 0.938 bits per heavy atom. The maximum atomic E-state index is 13.4. The summed E-state index contributed by atoms with van der Waals surface area (Å²) in [5.41, 5.74) is 1.09. The van der Waals surface area contributed by atoms with Gasteiger partial charge in [0.15, 0.2) is 0 Å². The molecule has 0 spiro atoms. The number of hydrogen-bond acceptors (Lipinski definition) is 4. The van der Waals surface area contributed by atoms with Gasteiger partial charge in [-0.25, -0.2) is 0 Å². The fourth-order valence-electron chi connectivity index (χ4n) is 4.69. The van der Waals surface area contributed by atoms with Gasteiger partial charge >= 0.3 is 7.12 Å². The van der Waals surface area contributed by atoms with E-state index in [-0.39, 0.29) is 11.8 Å². The first kappa shape index (κ1) is 23.0. The summed E-state index contributed by atoms with van der Waals surface area (Å²) in [4.78, 5) is 28.3. The number of carbonyl (C=O) groups excluding carboxylic acids is 2. The third-order valence-corrected chi connectivity index (χ3v) is 7.52. The summed E-state index contributed by atoms with van der Waals surface area (Å²) in [5.74, 6) is -0.0733. The van der Waals surface area contributed by atoms with Crippen LogP contribution in [0.25, 0.3) is 10.8 Å². The van der Waals surface area contributed by atoms with E-state index >= 15 is 0 Å². The van der Waals surface area contributed by atoms with Gasteiger partial charge in [-0.2, -0.15) is 0 Å². The lowest BCUT2D eigenvalue weighted by Crippen LogP contribution is -2.44. The third-order valence-electron chi connectivity index (χ3n) is 7.52. The van der Waals surface area contributed by atoms with E-state index < -0.39 is 18.3 Å². The minimum Gasteiger partial charge on any atom is -0.399 e. The zero-order chi connectivity index (χ0) is 23.3. The molecule has 0 bridgehead atoms. The number of rotatable bonds is 7. The van der Waals surface area contributed by atoms with Gasteiger partial charge in [0.1, 0.15) is 0 Å². The van der Waals surface area contributed by atoms with Gasteiger partial charge in [-0.3, -0.25) is 14.5 Å². The van der Waals surface area contributed by atoms with Crippen molar-refractivity contribution in [1.82, 2.24) is 4.90 Å². The average molecular weight is 435 g/mol. The van der Waals surface area contributed by atoms with Gasteiger partial charge in [-0.05, 0) is 63.0 Å². The predicted octanol–water partition coefficient (Wildman–Crippen LogP) is 4.95. The van der Waals surface area contributed by atoms with Crippen LogP contribution in [-0.4, -0.2) is 41.6 Å². The standard InChI is InChI=1S/C26H34BNO4/c1-7-9-11-17(8-2)16-28-23(29)19-13-10-12-18-21(15-14-20(22(18)19)24(28)30)27-31-25(3,4)26(5,6)32-27/h10,12-15,17H,7-9,11,16H2,1-6H3. The molecular formula is C26H34BNO4. The fourth-order valence-corrected chi connectivity index (χ4v) is 4.69. The summed E-state index contributed by atoms with van der Waals surface area (Å²) in [7, 11) is -0.550. The highest BCUT2D eigenvalue weighted by Gasteiger charge is 2.52. The molecule has 170 valence electrons. The Morgan fingerprint density at radius 3 is 2.16 bits per heavy atom. The number of carbonyl (C=O) groups is 2. The molecule has 2 heterocycles. The second-order valence-electron chi connectivity index (χ2n) is 10.2. The fraction of sp³-hybridized carbons (Fsp3) is 0.538. The van der Waals surface area contributed by atoms with E-state index in [1.807, 2.05) is 58.0 Å². The van der Waals surface area contributed by atoms with Gasteiger partial charge in [0.2, 0.25) is 0 Å². The summed E-state index contributed by atoms with van der Waals surface area (Å²) < 4.78 is 12.5. The molecule has 0 N–H and O–H groups in total. The van der Waals surface area contributed by atoms with E-state index in [9.17, 15) is 9.59 Å². The van der Waals surface area contributed by atoms with Crippen molar-refractivity contribution in [3.63, 3.8) is 0 Å². The van der Waals surface area contributed by atoms with Crippen molar-refractivity contribution in [3.05, 3.63) is 41.5 Å². The van der Waals surface area contributed by atoms with Gasteiger partial charge in [0.05, 0.1) is 11.2 Å². The molecule has 1 unspecified atom stereocenters. The van der Waals surface area contributed by atoms with Crippen LogP contribution in [0.4, 0.5) is 0 Å². The Bertz CT molecular complexity index is 1020. The number of imide groups is 1. The Morgan fingerprint density at radius 2 is 1.56 bits per heavy atom. The summed E-state index contributed by atoms with van der Waals surface area (Å²) in [6, 6.07) is 9.42. The molecule has 1 saturated heterocycles. The van der Waals surface area contributed by atoms with Gasteiger partial charge in [-0.1, -0.05) is 51.3 Å². The third kappa shape index (κ3) is 3.67. The van der Waals surface area contributed by atoms with E-state index in [2.05, 4.69) is 13.8 Å². The first-order chi connectivity index (χ1) is 15.1. The first-order valence-electron chi connectivity index (χ1n) is 11.9. The van der Waals surface area contributed by atoms with Crippen LogP contribution in [0.3, 0.4) is 0 Å². The molecule has 2 aromatic carbocycles. The lowest BCUT2D eigenvalue weighted by atomic mass is 9.74. The molecular weight excluding hydrogens is 401 g/mol. The molecule has 0 aromatic heterocycles. The van der Waals surface area contributed by atoms with Gasteiger partial charge in [0, 0.05) is 23.1 Å². The number of unbranched alkanes of at least 4 members (excludes halogenated alkanes) is 1. The largest absolute Gasteiger partial charge is 0.495 e. The predicted molar refractivity (Wildman–Crippen MR) is 128 cm³/mol. The normalized spacial score (nSPS) is 20.3. The molecule has 0 saturated carbocycles. The molecule has 4 rings (SSSR count). The van der Waals surface area contributed by atoms with E-state index in [0.717, 1.165) is 36.5 Å². The quantitative estimate of drug-likeness (QED) is 0.456. The van der Waals surface area contributed by atoms with E-state index in [4.69, 9.17) is 9.31 Å². The SMILES string of the molecule is CCCCC(CC)CN1C(=O)c2cccc3c(B4OC(C)(C)C(C)(C)O4)ccc(c23)C1=O. The smallest absolute Gasteiger partial charge is 0.399 e. The monoisotopic (exact) mass is 435 g/mol. The number of amides is 2. The molecule has 1 atom stereocenters. The highest BCUT2D eigenvalue weighted by molar-refractivity contribution is 6.65. The zero-order valence-corrected chi connectivity index (χ0v) is 20.2. The molecule has 0 aliphatic carbocycles. The second kappa shape index (κ2) is 8.31. The van der Waals surface area contributed by atoms with Crippen molar-refractivity contribution < 1.29 is 18.9 Å². The molecule has 2 amide bonds. The van der Waals surface area contributed by atoms with Crippen molar-refractivity contribution in [1.29, 1.82) is 0 Å². The Kier molecular flexibility index (Phi) is 5.97. The highest BCUT2D eigenvalue weighted by Crippen LogP contribution is 2.38.